The van der Waals surface area contributed by atoms with Gasteiger partial charge in [-0.15, -0.1) is 0 Å². The van der Waals surface area contributed by atoms with E-state index in [2.05, 4.69) is 34.5 Å². The Labute approximate surface area is 103 Å². The predicted molar refractivity (Wildman–Crippen MR) is 69.6 cm³/mol. The number of ether oxygens (including phenoxy) is 2. The van der Waals surface area contributed by atoms with Crippen molar-refractivity contribution in [3.63, 3.8) is 0 Å². The first kappa shape index (κ1) is 12.2. The summed E-state index contributed by atoms with van der Waals surface area (Å²) in [6.07, 6.45) is 0.940. The Morgan fingerprint density at radius 2 is 2.06 bits per heavy atom. The lowest BCUT2D eigenvalue weighted by molar-refractivity contribution is -0.0948. The van der Waals surface area contributed by atoms with E-state index < -0.39 is 0 Å². The van der Waals surface area contributed by atoms with Crippen molar-refractivity contribution in [2.24, 2.45) is 0 Å². The van der Waals surface area contributed by atoms with Gasteiger partial charge in [-0.1, -0.05) is 12.1 Å². The summed E-state index contributed by atoms with van der Waals surface area (Å²) < 4.78 is 10.5. The zero-order valence-corrected chi connectivity index (χ0v) is 10.5. The molecule has 0 aromatic heterocycles. The Kier molecular flexibility index (Phi) is 4.23. The number of para-hydroxylation sites is 2. The molecule has 0 aliphatic carbocycles. The number of methoxy groups -OCH3 is 2. The predicted octanol–water partition coefficient (Wildman–Crippen LogP) is 1.93. The summed E-state index contributed by atoms with van der Waals surface area (Å²) in [5.41, 5.74) is 2.42. The normalized spacial score (nSPS) is 15.4. The standard InChI is InChI=1S/C13H20N2O2/c1-16-13(17-2)10-15-9-5-8-14-11-6-3-4-7-12(11)15/h3-4,6-7,13-14H,5,8-10H2,1-2H3. The maximum Gasteiger partial charge on any atom is 0.174 e. The number of fused-ring (bicyclic) bond motifs is 1. The molecule has 1 aromatic rings. The fraction of sp³-hybridized carbons (Fsp3) is 0.538. The van der Waals surface area contributed by atoms with Crippen LogP contribution in [-0.4, -0.2) is 40.1 Å². The summed E-state index contributed by atoms with van der Waals surface area (Å²) in [5, 5.41) is 3.44. The number of nitrogens with one attached hydrogen (secondary N) is 1. The SMILES string of the molecule is COC(CN1CCCNc2ccccc21)OC. The zero-order chi connectivity index (χ0) is 12.1. The van der Waals surface area contributed by atoms with Crippen molar-refractivity contribution in [2.75, 3.05) is 44.1 Å². The molecule has 1 aliphatic rings. The number of anilines is 2. The van der Waals surface area contributed by atoms with Gasteiger partial charge in [-0.3, -0.25) is 0 Å². The molecule has 4 nitrogen and oxygen atoms in total. The van der Waals surface area contributed by atoms with Gasteiger partial charge in [0.2, 0.25) is 0 Å². The van der Waals surface area contributed by atoms with Crippen LogP contribution in [0.25, 0.3) is 0 Å². The molecule has 0 unspecified atom stereocenters. The molecule has 0 amide bonds. The van der Waals surface area contributed by atoms with E-state index in [0.29, 0.717) is 0 Å². The van der Waals surface area contributed by atoms with Gasteiger partial charge in [0, 0.05) is 27.3 Å². The van der Waals surface area contributed by atoms with Gasteiger partial charge in [-0.25, -0.2) is 0 Å². The third-order valence-electron chi connectivity index (χ3n) is 3.06. The van der Waals surface area contributed by atoms with Crippen LogP contribution in [0.15, 0.2) is 24.3 Å². The maximum atomic E-state index is 5.27. The Morgan fingerprint density at radius 1 is 1.29 bits per heavy atom. The lowest BCUT2D eigenvalue weighted by Gasteiger charge is -2.27. The third kappa shape index (κ3) is 2.90. The average molecular weight is 236 g/mol. The fourth-order valence-corrected chi connectivity index (χ4v) is 2.13. The largest absolute Gasteiger partial charge is 0.383 e. The van der Waals surface area contributed by atoms with Gasteiger partial charge < -0.3 is 19.7 Å². The summed E-state index contributed by atoms with van der Waals surface area (Å²) in [4.78, 5) is 2.31. The molecular formula is C13H20N2O2. The van der Waals surface area contributed by atoms with E-state index in [0.717, 1.165) is 26.1 Å². The smallest absolute Gasteiger partial charge is 0.174 e. The summed E-state index contributed by atoms with van der Waals surface area (Å²) in [7, 11) is 3.35. The minimum atomic E-state index is -0.179. The number of hydrogen-bond acceptors (Lipinski definition) is 4. The topological polar surface area (TPSA) is 33.7 Å². The van der Waals surface area contributed by atoms with Crippen molar-refractivity contribution in [1.29, 1.82) is 0 Å². The van der Waals surface area contributed by atoms with Crippen molar-refractivity contribution >= 4 is 11.4 Å². The molecule has 0 fully saturated rings. The number of benzene rings is 1. The van der Waals surface area contributed by atoms with Crippen LogP contribution < -0.4 is 10.2 Å². The summed E-state index contributed by atoms with van der Waals surface area (Å²) in [6.45, 7) is 2.79. The van der Waals surface area contributed by atoms with Crippen molar-refractivity contribution in [3.8, 4) is 0 Å². The molecule has 2 rings (SSSR count). The van der Waals surface area contributed by atoms with E-state index in [9.17, 15) is 0 Å². The molecule has 0 bridgehead atoms. The van der Waals surface area contributed by atoms with E-state index in [-0.39, 0.29) is 6.29 Å². The monoisotopic (exact) mass is 236 g/mol. The van der Waals surface area contributed by atoms with E-state index in [1.807, 2.05) is 0 Å². The highest BCUT2D eigenvalue weighted by atomic mass is 16.7. The second-order valence-electron chi connectivity index (χ2n) is 4.14. The van der Waals surface area contributed by atoms with E-state index in [1.165, 1.54) is 11.4 Å². The first-order valence-corrected chi connectivity index (χ1v) is 5.98. The lowest BCUT2D eigenvalue weighted by Crippen LogP contribution is -2.35. The molecule has 1 aliphatic heterocycles. The molecule has 1 N–H and O–H groups in total. The van der Waals surface area contributed by atoms with Crippen LogP contribution in [0.1, 0.15) is 6.42 Å². The maximum absolute atomic E-state index is 5.27. The van der Waals surface area contributed by atoms with Crippen LogP contribution >= 0.6 is 0 Å². The van der Waals surface area contributed by atoms with Crippen LogP contribution in [0.5, 0.6) is 0 Å². The van der Waals surface area contributed by atoms with Crippen molar-refractivity contribution in [3.05, 3.63) is 24.3 Å². The minimum absolute atomic E-state index is 0.179. The molecule has 17 heavy (non-hydrogen) atoms. The van der Waals surface area contributed by atoms with Crippen LogP contribution in [0.2, 0.25) is 0 Å². The zero-order valence-electron chi connectivity index (χ0n) is 10.5. The van der Waals surface area contributed by atoms with Gasteiger partial charge in [0.15, 0.2) is 6.29 Å². The third-order valence-corrected chi connectivity index (χ3v) is 3.06. The first-order valence-electron chi connectivity index (χ1n) is 5.98. The van der Waals surface area contributed by atoms with Gasteiger partial charge in [0.1, 0.15) is 0 Å². The molecule has 0 radical (unpaired) electrons. The fourth-order valence-electron chi connectivity index (χ4n) is 2.13. The number of nitrogens with zero attached hydrogens (tertiary/aromatic N) is 1. The van der Waals surface area contributed by atoms with Gasteiger partial charge in [0.05, 0.1) is 17.9 Å². The molecule has 1 heterocycles. The van der Waals surface area contributed by atoms with Crippen LogP contribution in [-0.2, 0) is 9.47 Å². The highest BCUT2D eigenvalue weighted by Crippen LogP contribution is 2.28. The number of rotatable bonds is 4. The average Bonchev–Trinajstić information content (AvgIpc) is 2.58. The van der Waals surface area contributed by atoms with Crippen molar-refractivity contribution < 1.29 is 9.47 Å². The van der Waals surface area contributed by atoms with Crippen molar-refractivity contribution in [2.45, 2.75) is 12.7 Å². The molecule has 94 valence electrons. The van der Waals surface area contributed by atoms with E-state index in [1.54, 1.807) is 14.2 Å². The van der Waals surface area contributed by atoms with Gasteiger partial charge in [-0.05, 0) is 18.6 Å². The quantitative estimate of drug-likeness (QED) is 0.810. The Hall–Kier alpha value is -1.26. The Morgan fingerprint density at radius 3 is 2.82 bits per heavy atom. The molecular weight excluding hydrogens is 216 g/mol. The van der Waals surface area contributed by atoms with Crippen LogP contribution in [0.3, 0.4) is 0 Å². The van der Waals surface area contributed by atoms with Crippen LogP contribution in [0, 0.1) is 0 Å². The Balaban J connectivity index is 2.16. The summed E-state index contributed by atoms with van der Waals surface area (Å²) >= 11 is 0. The van der Waals surface area contributed by atoms with Gasteiger partial charge >= 0.3 is 0 Å². The molecule has 0 atom stereocenters. The van der Waals surface area contributed by atoms with Crippen LogP contribution in [0.4, 0.5) is 11.4 Å². The van der Waals surface area contributed by atoms with Gasteiger partial charge in [0.25, 0.3) is 0 Å². The molecule has 0 saturated carbocycles. The van der Waals surface area contributed by atoms with E-state index in [4.69, 9.17) is 9.47 Å². The van der Waals surface area contributed by atoms with Gasteiger partial charge in [-0.2, -0.15) is 0 Å². The highest BCUT2D eigenvalue weighted by Gasteiger charge is 2.18. The molecule has 0 saturated heterocycles. The molecule has 0 spiro atoms. The second kappa shape index (κ2) is 5.89. The second-order valence-corrected chi connectivity index (χ2v) is 4.14. The molecule has 4 heteroatoms. The first-order chi connectivity index (χ1) is 8.35. The van der Waals surface area contributed by atoms with Crippen molar-refractivity contribution in [1.82, 2.24) is 0 Å². The molecule has 1 aromatic carbocycles. The van der Waals surface area contributed by atoms with E-state index >= 15 is 0 Å². The Bertz CT molecular complexity index is 353. The summed E-state index contributed by atoms with van der Waals surface area (Å²) in [6, 6.07) is 8.37. The highest BCUT2D eigenvalue weighted by molar-refractivity contribution is 5.70. The number of hydrogen-bond donors (Lipinski definition) is 1. The summed E-state index contributed by atoms with van der Waals surface area (Å²) in [5.74, 6) is 0. The minimum Gasteiger partial charge on any atom is -0.383 e. The lowest BCUT2D eigenvalue weighted by atomic mass is 10.2.